The molecule has 1 aliphatic rings. The Bertz CT molecular complexity index is 1420. The van der Waals surface area contributed by atoms with Gasteiger partial charge in [0.15, 0.2) is 10.9 Å². The summed E-state index contributed by atoms with van der Waals surface area (Å²) in [5, 5.41) is 1.26. The number of ether oxygens (including phenoxy) is 1. The summed E-state index contributed by atoms with van der Waals surface area (Å²) in [6.45, 7) is 3.78. The first-order chi connectivity index (χ1) is 16.4. The number of likely N-dealkylation sites (N-methyl/N-ethyl adjacent to an activating group) is 1. The van der Waals surface area contributed by atoms with Gasteiger partial charge < -0.3 is 9.64 Å². The zero-order valence-corrected chi connectivity index (χ0v) is 21.0. The van der Waals surface area contributed by atoms with E-state index in [-0.39, 0.29) is 17.1 Å². The van der Waals surface area contributed by atoms with Crippen molar-refractivity contribution in [2.45, 2.75) is 25.0 Å². The Hall–Kier alpha value is -2.94. The number of Topliss-reactive ketones (excluding diaryl/α,β-unsaturated/α-hetero) is 1. The number of carbonyl (C=O) groups excluding carboxylic acids is 1. The second kappa shape index (κ2) is 9.37. The Balaban J connectivity index is 1.56. The van der Waals surface area contributed by atoms with Gasteiger partial charge in [-0.3, -0.25) is 14.2 Å². The van der Waals surface area contributed by atoms with Crippen LogP contribution in [0.3, 0.4) is 0 Å². The lowest BCUT2D eigenvalue weighted by Crippen LogP contribution is -2.27. The van der Waals surface area contributed by atoms with Crippen LogP contribution in [0.5, 0.6) is 5.75 Å². The lowest BCUT2D eigenvalue weighted by Gasteiger charge is -2.21. The van der Waals surface area contributed by atoms with Gasteiger partial charge >= 0.3 is 0 Å². The number of thioether (sulfide) groups is 1. The molecule has 0 bridgehead atoms. The summed E-state index contributed by atoms with van der Waals surface area (Å²) in [7, 11) is 3.69. The normalized spacial score (nSPS) is 13.7. The molecule has 174 valence electrons. The van der Waals surface area contributed by atoms with Gasteiger partial charge in [0, 0.05) is 23.5 Å². The van der Waals surface area contributed by atoms with Crippen molar-refractivity contribution >= 4 is 39.1 Å². The number of ketones is 1. The van der Waals surface area contributed by atoms with Gasteiger partial charge in [0.05, 0.1) is 23.9 Å². The van der Waals surface area contributed by atoms with E-state index in [1.54, 1.807) is 47.3 Å². The maximum Gasteiger partial charge on any atom is 0.267 e. The molecule has 0 saturated carbocycles. The molecular weight excluding hydrogens is 466 g/mol. The fourth-order valence-electron chi connectivity index (χ4n) is 4.16. The SMILES string of the molecule is COc1ccc(C(=O)CSc2nc3sc4c(c3c(=O)n2-c2ccc(C)cc2)CCN(C)C4)cc1. The lowest BCUT2D eigenvalue weighted by atomic mass is 10.1. The van der Waals surface area contributed by atoms with E-state index in [1.807, 2.05) is 31.2 Å². The van der Waals surface area contributed by atoms with Crippen LogP contribution in [0.1, 0.15) is 26.4 Å². The van der Waals surface area contributed by atoms with E-state index in [9.17, 15) is 9.59 Å². The molecule has 0 unspecified atom stereocenters. The fourth-order valence-corrected chi connectivity index (χ4v) is 6.41. The van der Waals surface area contributed by atoms with Crippen LogP contribution in [-0.2, 0) is 13.0 Å². The first kappa shape index (κ1) is 22.8. The molecule has 0 amide bonds. The number of hydrogen-bond acceptors (Lipinski definition) is 7. The van der Waals surface area contributed by atoms with Gasteiger partial charge in [0.1, 0.15) is 10.6 Å². The van der Waals surface area contributed by atoms with Crippen LogP contribution in [0, 0.1) is 6.92 Å². The second-order valence-electron chi connectivity index (χ2n) is 8.48. The molecule has 0 aliphatic carbocycles. The third-order valence-corrected chi connectivity index (χ3v) is 8.12. The van der Waals surface area contributed by atoms with Crippen molar-refractivity contribution in [1.29, 1.82) is 0 Å². The molecule has 0 saturated heterocycles. The maximum atomic E-state index is 13.8. The van der Waals surface area contributed by atoms with Gasteiger partial charge in [-0.25, -0.2) is 4.98 Å². The van der Waals surface area contributed by atoms with Gasteiger partial charge in [0.2, 0.25) is 0 Å². The van der Waals surface area contributed by atoms with Crippen molar-refractivity contribution in [2.24, 2.45) is 0 Å². The van der Waals surface area contributed by atoms with Crippen molar-refractivity contribution in [3.8, 4) is 11.4 Å². The summed E-state index contributed by atoms with van der Waals surface area (Å²) in [6, 6.07) is 14.9. The van der Waals surface area contributed by atoms with Crippen LogP contribution in [0.25, 0.3) is 15.9 Å². The molecule has 5 rings (SSSR count). The van der Waals surface area contributed by atoms with Crippen molar-refractivity contribution in [3.05, 3.63) is 80.5 Å². The average molecular weight is 492 g/mol. The topological polar surface area (TPSA) is 64.4 Å². The zero-order valence-electron chi connectivity index (χ0n) is 19.3. The van der Waals surface area contributed by atoms with Crippen LogP contribution in [0.4, 0.5) is 0 Å². The van der Waals surface area contributed by atoms with E-state index in [0.29, 0.717) is 16.5 Å². The van der Waals surface area contributed by atoms with Crippen molar-refractivity contribution in [1.82, 2.24) is 14.5 Å². The van der Waals surface area contributed by atoms with Crippen LogP contribution in [-0.4, -0.2) is 46.7 Å². The van der Waals surface area contributed by atoms with E-state index >= 15 is 0 Å². The van der Waals surface area contributed by atoms with E-state index in [4.69, 9.17) is 9.72 Å². The summed E-state index contributed by atoms with van der Waals surface area (Å²) in [6.07, 6.45) is 0.846. The number of methoxy groups -OCH3 is 1. The molecule has 0 spiro atoms. The number of fused-ring (bicyclic) bond motifs is 3. The third kappa shape index (κ3) is 4.29. The molecule has 0 atom stereocenters. The Morgan fingerprint density at radius 2 is 1.88 bits per heavy atom. The smallest absolute Gasteiger partial charge is 0.267 e. The fraction of sp³-hybridized carbons (Fsp3) is 0.269. The molecule has 0 N–H and O–H groups in total. The number of aryl methyl sites for hydroxylation is 1. The average Bonchev–Trinajstić information content (AvgIpc) is 3.21. The van der Waals surface area contributed by atoms with Gasteiger partial charge in [-0.15, -0.1) is 11.3 Å². The summed E-state index contributed by atoms with van der Waals surface area (Å²) >= 11 is 2.90. The Kier molecular flexibility index (Phi) is 6.29. The van der Waals surface area contributed by atoms with Gasteiger partial charge in [-0.1, -0.05) is 29.5 Å². The van der Waals surface area contributed by atoms with E-state index < -0.39 is 0 Å². The van der Waals surface area contributed by atoms with E-state index in [1.165, 1.54) is 16.6 Å². The summed E-state index contributed by atoms with van der Waals surface area (Å²) in [5.41, 5.74) is 3.55. The third-order valence-electron chi connectivity index (χ3n) is 6.07. The number of thiophene rings is 1. The van der Waals surface area contributed by atoms with Crippen LogP contribution in [0.15, 0.2) is 58.5 Å². The predicted octanol–water partition coefficient (Wildman–Crippen LogP) is 4.73. The first-order valence-electron chi connectivity index (χ1n) is 11.1. The Morgan fingerprint density at radius 1 is 1.15 bits per heavy atom. The number of benzene rings is 2. The molecule has 0 radical (unpaired) electrons. The molecule has 0 fully saturated rings. The number of nitrogens with zero attached hydrogens (tertiary/aromatic N) is 3. The number of carbonyl (C=O) groups is 1. The standard InChI is InChI=1S/C26H25N3O3S2/c1-16-4-8-18(9-5-16)29-25(31)23-20-12-13-28(2)14-22(20)34-24(23)27-26(29)33-15-21(30)17-6-10-19(32-3)11-7-17/h4-11H,12-15H2,1-3H3. The molecule has 2 aromatic heterocycles. The Morgan fingerprint density at radius 3 is 2.59 bits per heavy atom. The molecular formula is C26H25N3O3S2. The summed E-state index contributed by atoms with van der Waals surface area (Å²) < 4.78 is 6.85. The second-order valence-corrected chi connectivity index (χ2v) is 10.5. The first-order valence-corrected chi connectivity index (χ1v) is 12.9. The van der Waals surface area contributed by atoms with E-state index in [0.717, 1.165) is 46.5 Å². The minimum atomic E-state index is -0.0599. The monoisotopic (exact) mass is 491 g/mol. The predicted molar refractivity (Wildman–Crippen MR) is 138 cm³/mol. The molecule has 8 heteroatoms. The van der Waals surface area contributed by atoms with Crippen molar-refractivity contribution < 1.29 is 9.53 Å². The highest BCUT2D eigenvalue weighted by Gasteiger charge is 2.24. The van der Waals surface area contributed by atoms with Crippen molar-refractivity contribution in [3.63, 3.8) is 0 Å². The van der Waals surface area contributed by atoms with Crippen LogP contribution in [0.2, 0.25) is 0 Å². The molecule has 6 nitrogen and oxygen atoms in total. The van der Waals surface area contributed by atoms with Gasteiger partial charge in [0.25, 0.3) is 5.56 Å². The minimum absolute atomic E-state index is 0.0236. The maximum absolute atomic E-state index is 13.8. The number of rotatable bonds is 6. The Labute approximate surface area is 206 Å². The lowest BCUT2D eigenvalue weighted by molar-refractivity contribution is 0.102. The molecule has 4 aromatic rings. The number of aromatic nitrogens is 2. The highest BCUT2D eigenvalue weighted by molar-refractivity contribution is 7.99. The van der Waals surface area contributed by atoms with E-state index in [2.05, 4.69) is 11.9 Å². The van der Waals surface area contributed by atoms with Crippen molar-refractivity contribution in [2.75, 3.05) is 26.5 Å². The highest BCUT2D eigenvalue weighted by Crippen LogP contribution is 2.34. The minimum Gasteiger partial charge on any atom is -0.497 e. The van der Waals surface area contributed by atoms with Crippen LogP contribution >= 0.6 is 23.1 Å². The zero-order chi connectivity index (χ0) is 23.8. The summed E-state index contributed by atoms with van der Waals surface area (Å²) in [4.78, 5) is 35.9. The molecule has 3 heterocycles. The largest absolute Gasteiger partial charge is 0.497 e. The molecule has 2 aromatic carbocycles. The van der Waals surface area contributed by atoms with Gasteiger partial charge in [-0.05, 0) is 62.4 Å². The van der Waals surface area contributed by atoms with Crippen LogP contribution < -0.4 is 10.3 Å². The molecule has 1 aliphatic heterocycles. The van der Waals surface area contributed by atoms with Gasteiger partial charge in [-0.2, -0.15) is 0 Å². The number of hydrogen-bond donors (Lipinski definition) is 0. The highest BCUT2D eigenvalue weighted by atomic mass is 32.2. The quantitative estimate of drug-likeness (QED) is 0.221. The molecule has 34 heavy (non-hydrogen) atoms. The summed E-state index contributed by atoms with van der Waals surface area (Å²) in [5.74, 6) is 0.866.